The largest absolute Gasteiger partial charge is 0.352 e. The highest BCUT2D eigenvalue weighted by atomic mass is 35.5. The van der Waals surface area contributed by atoms with Crippen molar-refractivity contribution in [2.75, 3.05) is 27.2 Å². The highest BCUT2D eigenvalue weighted by Crippen LogP contribution is 2.32. The molecule has 9 atom stereocenters. The zero-order valence-electron chi connectivity index (χ0n) is 43.9. The molecule has 8 amide bonds. The van der Waals surface area contributed by atoms with Crippen LogP contribution < -0.4 is 42.5 Å². The van der Waals surface area contributed by atoms with Crippen molar-refractivity contribution in [3.8, 4) is 0 Å². The van der Waals surface area contributed by atoms with Crippen molar-refractivity contribution in [2.45, 2.75) is 163 Å². The Balaban J connectivity index is 1.51. The molecule has 8 N–H and O–H groups in total. The van der Waals surface area contributed by atoms with Crippen LogP contribution in [0.3, 0.4) is 0 Å². The summed E-state index contributed by atoms with van der Waals surface area (Å²) in [6, 6.07) is 7.45. The minimum absolute atomic E-state index is 0.00684. The van der Waals surface area contributed by atoms with Gasteiger partial charge in [0.25, 0.3) is 11.8 Å². The van der Waals surface area contributed by atoms with E-state index in [-0.39, 0.29) is 66.9 Å². The first-order valence-electron chi connectivity index (χ1n) is 24.8. The number of halogens is 1. The first-order chi connectivity index (χ1) is 33.1. The predicted molar refractivity (Wildman–Crippen MR) is 274 cm³/mol. The highest BCUT2D eigenvalue weighted by molar-refractivity contribution is 6.14. The maximum absolute atomic E-state index is 14.6. The Morgan fingerprint density at radius 1 is 0.746 bits per heavy atom. The molecule has 1 fully saturated rings. The van der Waals surface area contributed by atoms with E-state index in [1.807, 2.05) is 59.7 Å². The molecule has 2 aromatic rings. The number of likely N-dealkylation sites (N-methyl/N-ethyl adjacent to an activating group) is 2. The van der Waals surface area contributed by atoms with Crippen LogP contribution in [0, 0.1) is 16.7 Å². The van der Waals surface area contributed by atoms with E-state index in [1.54, 1.807) is 53.8 Å². The van der Waals surface area contributed by atoms with Crippen LogP contribution in [0.4, 0.5) is 0 Å². The van der Waals surface area contributed by atoms with E-state index in [4.69, 9.17) is 11.8 Å². The van der Waals surface area contributed by atoms with Gasteiger partial charge in [-0.15, -0.1) is 0 Å². The van der Waals surface area contributed by atoms with E-state index in [9.17, 15) is 38.4 Å². The van der Waals surface area contributed by atoms with Crippen LogP contribution in [-0.4, -0.2) is 132 Å². The Kier molecular flexibility index (Phi) is 20.6. The lowest BCUT2D eigenvalue weighted by Crippen LogP contribution is -2.60. The number of fused-ring (bicyclic) bond motifs is 1. The number of rotatable bonds is 20. The quantitative estimate of drug-likeness (QED) is 0.0899. The molecule has 2 aromatic carbocycles. The van der Waals surface area contributed by atoms with Crippen molar-refractivity contribution in [2.24, 2.45) is 16.7 Å². The summed E-state index contributed by atoms with van der Waals surface area (Å²) in [7, 11) is 3.17. The molecule has 19 heteroatoms. The van der Waals surface area contributed by atoms with Gasteiger partial charge >= 0.3 is 0 Å². The van der Waals surface area contributed by atoms with Gasteiger partial charge in [0.05, 0.1) is 12.1 Å². The van der Waals surface area contributed by atoms with Crippen molar-refractivity contribution in [1.82, 2.24) is 51.9 Å². The molecule has 71 heavy (non-hydrogen) atoms. The molecule has 0 spiro atoms. The lowest BCUT2D eigenvalue weighted by Gasteiger charge is -2.36. The number of nitrogens with one attached hydrogen (secondary N) is 8. The minimum Gasteiger partial charge on any atom is -0.352 e. The molecule has 392 valence electrons. The molecule has 18 nitrogen and oxygen atoms in total. The van der Waals surface area contributed by atoms with E-state index in [2.05, 4.69) is 48.6 Å². The molecule has 0 radical (unpaired) electrons. The number of aryl methyl sites for hydroxylation is 1. The monoisotopic (exact) mass is 1010 g/mol. The molecule has 1 aliphatic carbocycles. The number of hydrogen-bond donors (Lipinski definition) is 8. The number of nitrogens with zero attached hydrogens (tertiary/aromatic N) is 2. The van der Waals surface area contributed by atoms with Crippen molar-refractivity contribution >= 4 is 59.0 Å². The summed E-state index contributed by atoms with van der Waals surface area (Å²) in [5.74, 6) is -3.71. The first kappa shape index (κ1) is 58.0. The zero-order chi connectivity index (χ0) is 53.1. The van der Waals surface area contributed by atoms with Crippen LogP contribution in [0.15, 0.2) is 48.5 Å². The van der Waals surface area contributed by atoms with E-state index >= 15 is 0 Å². The van der Waals surface area contributed by atoms with Gasteiger partial charge in [-0.3, -0.25) is 38.4 Å². The van der Waals surface area contributed by atoms with Crippen molar-refractivity contribution in [3.05, 3.63) is 70.8 Å². The second kappa shape index (κ2) is 25.2. The molecular formula is C52H79ClN10O8. The number of carbonyl (C=O) groups excluding carboxylic acids is 8. The normalized spacial score (nSPS) is 19.5. The first-order valence-corrected chi connectivity index (χ1v) is 25.1. The van der Waals surface area contributed by atoms with Crippen LogP contribution >= 0.6 is 11.8 Å². The summed E-state index contributed by atoms with van der Waals surface area (Å²) >= 11 is 6.02. The lowest BCUT2D eigenvalue weighted by molar-refractivity contribution is -0.144. The molecule has 1 aliphatic heterocycles. The fraction of sp³-hybridized carbons (Fsp3) is 0.615. The summed E-state index contributed by atoms with van der Waals surface area (Å²) in [6.07, 6.45) is 2.61. The highest BCUT2D eigenvalue weighted by Gasteiger charge is 2.46. The summed E-state index contributed by atoms with van der Waals surface area (Å²) in [6.45, 7) is 19.8. The topological polar surface area (TPSA) is 239 Å². The SMILES string of the molecule is CN[C@@H](C)C(=O)N[C@H](C(=O)N1C[C@@H](NC(=O)c2cccc(C(=O)NCC[C@H](NC(=O)[C@@H](NC(=O)[C@H](C)N(C)Cl)C(C)(C)C)C(=O)N[C@H](C)C(C)C)c2)C[C@H]1C(=O)N[C@@H]1CCCc2ccccc21)C(C)(C)C. The van der Waals surface area contributed by atoms with Gasteiger partial charge in [-0.1, -0.05) is 85.7 Å². The molecule has 0 saturated carbocycles. The van der Waals surface area contributed by atoms with Crippen molar-refractivity contribution < 1.29 is 38.4 Å². The summed E-state index contributed by atoms with van der Waals surface area (Å²) < 4.78 is 1.20. The Morgan fingerprint density at radius 3 is 1.97 bits per heavy atom. The standard InChI is InChI=1S/C52H79ClN10O8/c1-29(2)30(3)56-47(68)39(59-49(70)41(51(6,7)8)60-44(65)32(5)62(13)53)24-25-55-45(66)34-20-16-21-35(26-34)46(67)57-36-27-40(48(69)58-38-23-17-19-33-18-14-15-22-37(33)38)63(28-36)50(71)42(52(9,10)11)61-43(64)31(4)54-12/h14-16,18,20-22,26,29-32,36,38-42,54H,17,19,23-25,27-28H2,1-13H3,(H,55,66)(H,56,68)(H,57,67)(H,58,69)(H,59,70)(H,60,65)(H,61,64)/t30-,31+,32+,36+,38-,39+,40+,41-,42-/m1/s1. The van der Waals surface area contributed by atoms with Gasteiger partial charge in [0.15, 0.2) is 0 Å². The molecular weight excluding hydrogens is 928 g/mol. The molecule has 0 aromatic heterocycles. The third-order valence-electron chi connectivity index (χ3n) is 13.6. The van der Waals surface area contributed by atoms with Crippen molar-refractivity contribution in [1.29, 1.82) is 0 Å². The third kappa shape index (κ3) is 16.0. The van der Waals surface area contributed by atoms with Crippen LogP contribution in [0.2, 0.25) is 0 Å². The number of hydrogen-bond acceptors (Lipinski definition) is 10. The third-order valence-corrected chi connectivity index (χ3v) is 13.9. The summed E-state index contributed by atoms with van der Waals surface area (Å²) in [4.78, 5) is 112. The van der Waals surface area contributed by atoms with Gasteiger partial charge in [-0.2, -0.15) is 0 Å². The van der Waals surface area contributed by atoms with Gasteiger partial charge < -0.3 is 47.4 Å². The maximum Gasteiger partial charge on any atom is 0.251 e. The Morgan fingerprint density at radius 2 is 1.37 bits per heavy atom. The average Bonchev–Trinajstić information content (AvgIpc) is 3.74. The van der Waals surface area contributed by atoms with Gasteiger partial charge in [-0.25, -0.2) is 4.42 Å². The molecule has 4 rings (SSSR count). The number of amides is 8. The van der Waals surface area contributed by atoms with E-state index in [0.717, 1.165) is 30.4 Å². The molecule has 0 unspecified atom stereocenters. The second-order valence-electron chi connectivity index (χ2n) is 21.6. The fourth-order valence-electron chi connectivity index (χ4n) is 8.44. The Labute approximate surface area is 425 Å². The fourth-order valence-corrected chi connectivity index (χ4v) is 8.52. The van der Waals surface area contributed by atoms with Gasteiger partial charge in [0, 0.05) is 43.3 Å². The number of benzene rings is 2. The van der Waals surface area contributed by atoms with E-state index < -0.39 is 88.6 Å². The molecule has 1 heterocycles. The van der Waals surface area contributed by atoms with Gasteiger partial charge in [-0.05, 0) is 118 Å². The predicted octanol–water partition coefficient (Wildman–Crippen LogP) is 3.49. The van der Waals surface area contributed by atoms with Crippen LogP contribution in [0.25, 0.3) is 0 Å². The smallest absolute Gasteiger partial charge is 0.251 e. The average molecular weight is 1010 g/mol. The molecule has 1 saturated heterocycles. The Bertz CT molecular complexity index is 2240. The van der Waals surface area contributed by atoms with E-state index in [1.165, 1.54) is 28.5 Å². The minimum atomic E-state index is -1.09. The molecule has 2 aliphatic rings. The van der Waals surface area contributed by atoms with Crippen LogP contribution in [-0.2, 0) is 35.2 Å². The second-order valence-corrected chi connectivity index (χ2v) is 22.2. The summed E-state index contributed by atoms with van der Waals surface area (Å²) in [5, 5.41) is 23.3. The van der Waals surface area contributed by atoms with Crippen LogP contribution in [0.5, 0.6) is 0 Å². The Hall–Kier alpha value is -5.59. The maximum atomic E-state index is 14.6. The van der Waals surface area contributed by atoms with Crippen LogP contribution in [0.1, 0.15) is 140 Å². The van der Waals surface area contributed by atoms with Gasteiger partial charge in [0.1, 0.15) is 30.2 Å². The number of likely N-dealkylation sites (tertiary alicyclic amines) is 1. The van der Waals surface area contributed by atoms with E-state index in [0.29, 0.717) is 0 Å². The summed E-state index contributed by atoms with van der Waals surface area (Å²) in [5.41, 5.74) is 0.997. The zero-order valence-corrected chi connectivity index (χ0v) is 44.6. The molecule has 0 bridgehead atoms. The van der Waals surface area contributed by atoms with Gasteiger partial charge in [0.2, 0.25) is 35.4 Å². The number of carbonyl (C=O) groups is 8. The van der Waals surface area contributed by atoms with Crippen molar-refractivity contribution in [3.63, 3.8) is 0 Å². The lowest BCUT2D eigenvalue weighted by atomic mass is 9.85.